The fraction of sp³-hybridized carbons (Fsp3) is 0.302. The molecule has 0 amide bonds. The van der Waals surface area contributed by atoms with Crippen LogP contribution in [0.3, 0.4) is 0 Å². The first-order chi connectivity index (χ1) is 22.7. The van der Waals surface area contributed by atoms with E-state index in [2.05, 4.69) is 122 Å². The predicted octanol–water partition coefficient (Wildman–Crippen LogP) is 11.0. The third-order valence-corrected chi connectivity index (χ3v) is 9.20. The largest absolute Gasteiger partial charge is 0.507 e. The van der Waals surface area contributed by atoms with Crippen LogP contribution in [0.4, 0.5) is 0 Å². The number of hydrogen-bond donors (Lipinski definition) is 1. The van der Waals surface area contributed by atoms with Crippen LogP contribution in [0, 0.1) is 26.8 Å². The summed E-state index contributed by atoms with van der Waals surface area (Å²) in [6.45, 7) is 22.1. The van der Waals surface area contributed by atoms with E-state index in [4.69, 9.17) is 10.1 Å². The fourth-order valence-corrected chi connectivity index (χ4v) is 6.71. The number of rotatable bonds is 7. The average Bonchev–Trinajstić information content (AvgIpc) is 3.64. The third kappa shape index (κ3) is 6.96. The summed E-state index contributed by atoms with van der Waals surface area (Å²) in [6, 6.07) is 30.6. The number of aryl methyl sites for hydroxylation is 3. The second kappa shape index (κ2) is 14.0. The van der Waals surface area contributed by atoms with Crippen LogP contribution in [0.2, 0.25) is 0 Å². The van der Waals surface area contributed by atoms with Gasteiger partial charge in [-0.3, -0.25) is 9.67 Å². The van der Waals surface area contributed by atoms with Crippen LogP contribution >= 0.6 is 0 Å². The molecule has 0 radical (unpaired) electrons. The molecule has 1 N–H and O–H groups in total. The van der Waals surface area contributed by atoms with Gasteiger partial charge in [-0.05, 0) is 95.9 Å². The van der Waals surface area contributed by atoms with Gasteiger partial charge in [0, 0.05) is 32.3 Å². The molecule has 49 heavy (non-hydrogen) atoms. The molecule has 0 fully saturated rings. The molecule has 0 saturated carbocycles. The smallest absolute Gasteiger partial charge is 0.138 e. The summed E-state index contributed by atoms with van der Waals surface area (Å²) in [5.41, 5.74) is 13.8. The third-order valence-electron chi connectivity index (χ3n) is 9.20. The summed E-state index contributed by atoms with van der Waals surface area (Å²) in [5, 5.41) is 16.0. The molecule has 2 aromatic heterocycles. The summed E-state index contributed by atoms with van der Waals surface area (Å²) in [7, 11) is 0. The number of aromatic nitrogens is 4. The van der Waals surface area contributed by atoms with Gasteiger partial charge >= 0.3 is 0 Å². The SMILES string of the molecule is Cc1cc(-c2c(C)cc(C(C)(C)C)cc2C)n(-c2[c-]c(-c3cn(-c4c(C(C)C)cccc4C(C)C)c(-c4ccccc4O)n3)ccc2)n1.[Pt]. The first-order valence-electron chi connectivity index (χ1n) is 17.0. The van der Waals surface area contributed by atoms with Crippen molar-refractivity contribution in [3.63, 3.8) is 0 Å². The van der Waals surface area contributed by atoms with E-state index in [-0.39, 0.29) is 32.2 Å². The van der Waals surface area contributed by atoms with Crippen molar-refractivity contribution in [1.29, 1.82) is 0 Å². The number of benzene rings is 4. The summed E-state index contributed by atoms with van der Waals surface area (Å²) >= 11 is 0. The fourth-order valence-electron chi connectivity index (χ4n) is 6.71. The van der Waals surface area contributed by atoms with E-state index in [1.54, 1.807) is 6.07 Å². The van der Waals surface area contributed by atoms with Crippen LogP contribution in [-0.2, 0) is 26.5 Å². The van der Waals surface area contributed by atoms with E-state index >= 15 is 0 Å². The Morgan fingerprint density at radius 1 is 0.776 bits per heavy atom. The van der Waals surface area contributed by atoms with Crippen molar-refractivity contribution in [2.75, 3.05) is 0 Å². The normalized spacial score (nSPS) is 11.8. The van der Waals surface area contributed by atoms with Gasteiger partial charge < -0.3 is 9.67 Å². The van der Waals surface area contributed by atoms with Gasteiger partial charge in [0.2, 0.25) is 0 Å². The molecule has 0 aliphatic heterocycles. The van der Waals surface area contributed by atoms with Crippen LogP contribution in [0.5, 0.6) is 5.75 Å². The van der Waals surface area contributed by atoms with Gasteiger partial charge in [-0.1, -0.05) is 90.9 Å². The van der Waals surface area contributed by atoms with Crippen molar-refractivity contribution in [2.24, 2.45) is 0 Å². The molecule has 0 unspecified atom stereocenters. The molecule has 0 atom stereocenters. The van der Waals surface area contributed by atoms with Crippen molar-refractivity contribution >= 4 is 0 Å². The van der Waals surface area contributed by atoms with Crippen molar-refractivity contribution in [3.05, 3.63) is 125 Å². The minimum atomic E-state index is 0. The van der Waals surface area contributed by atoms with Gasteiger partial charge in [-0.2, -0.15) is 5.10 Å². The van der Waals surface area contributed by atoms with Crippen molar-refractivity contribution in [3.8, 4) is 51.0 Å². The zero-order valence-corrected chi connectivity index (χ0v) is 32.6. The van der Waals surface area contributed by atoms with Crippen LogP contribution in [0.1, 0.15) is 93.8 Å². The summed E-state index contributed by atoms with van der Waals surface area (Å²) < 4.78 is 4.18. The van der Waals surface area contributed by atoms with E-state index < -0.39 is 0 Å². The van der Waals surface area contributed by atoms with Gasteiger partial charge in [0.1, 0.15) is 11.6 Å². The van der Waals surface area contributed by atoms with Gasteiger partial charge in [0.05, 0.1) is 22.6 Å². The van der Waals surface area contributed by atoms with E-state index in [1.807, 2.05) is 41.9 Å². The summed E-state index contributed by atoms with van der Waals surface area (Å²) in [4.78, 5) is 5.21. The molecule has 0 saturated heterocycles. The zero-order chi connectivity index (χ0) is 34.5. The molecule has 256 valence electrons. The number of phenols is 1. The Kier molecular flexibility index (Phi) is 10.3. The first kappa shape index (κ1) is 36.1. The summed E-state index contributed by atoms with van der Waals surface area (Å²) in [5.74, 6) is 1.48. The molecule has 0 aliphatic rings. The molecule has 0 spiro atoms. The molecular weight excluding hydrogens is 784 g/mol. The monoisotopic (exact) mass is 830 g/mol. The molecule has 6 rings (SSSR count). The topological polar surface area (TPSA) is 55.9 Å². The maximum absolute atomic E-state index is 11.0. The van der Waals surface area contributed by atoms with Crippen LogP contribution in [0.25, 0.3) is 45.3 Å². The van der Waals surface area contributed by atoms with Crippen molar-refractivity contribution < 1.29 is 26.2 Å². The predicted molar refractivity (Wildman–Crippen MR) is 199 cm³/mol. The average molecular weight is 831 g/mol. The van der Waals surface area contributed by atoms with E-state index in [1.165, 1.54) is 33.4 Å². The Hall–Kier alpha value is -4.21. The van der Waals surface area contributed by atoms with E-state index in [0.717, 1.165) is 34.0 Å². The van der Waals surface area contributed by atoms with Gasteiger partial charge in [0.15, 0.2) is 0 Å². The minimum absolute atomic E-state index is 0. The Morgan fingerprint density at radius 3 is 1.98 bits per heavy atom. The van der Waals surface area contributed by atoms with E-state index in [0.29, 0.717) is 23.2 Å². The minimum Gasteiger partial charge on any atom is -0.507 e. The number of imidazole rings is 1. The van der Waals surface area contributed by atoms with Crippen LogP contribution in [0.15, 0.2) is 85.1 Å². The molecule has 6 aromatic rings. The maximum atomic E-state index is 11.0. The number of phenolic OH excluding ortho intramolecular Hbond substituents is 1. The number of aromatic hydroxyl groups is 1. The molecule has 4 aromatic carbocycles. The van der Waals surface area contributed by atoms with Crippen molar-refractivity contribution in [1.82, 2.24) is 19.3 Å². The standard InChI is InChI=1S/C43H47N4O.Pt/c1-26(2)34-18-14-19-35(27(3)4)41(34)46-25-37(44-42(46)36-17-11-12-20-39(36)48)31-15-13-16-33(24-31)47-38(23-30(7)45-47)40-28(5)21-32(22-29(40)6)43(8,9)10;/h11-23,25-27,48H,1-10H3;/q-1;. The second-order valence-electron chi connectivity index (χ2n) is 14.7. The maximum Gasteiger partial charge on any atom is 0.138 e. The van der Waals surface area contributed by atoms with E-state index in [9.17, 15) is 5.11 Å². The summed E-state index contributed by atoms with van der Waals surface area (Å²) in [6.07, 6.45) is 2.10. The molecule has 5 nitrogen and oxygen atoms in total. The Labute approximate surface area is 306 Å². The Morgan fingerprint density at radius 2 is 1.39 bits per heavy atom. The van der Waals surface area contributed by atoms with Crippen molar-refractivity contribution in [2.45, 2.75) is 86.5 Å². The van der Waals surface area contributed by atoms with Crippen LogP contribution in [-0.4, -0.2) is 24.4 Å². The van der Waals surface area contributed by atoms with Gasteiger partial charge in [0.25, 0.3) is 0 Å². The molecule has 6 heteroatoms. The quantitative estimate of drug-likeness (QED) is 0.163. The van der Waals surface area contributed by atoms with Gasteiger partial charge in [-0.15, -0.1) is 29.8 Å². The number of hydrogen-bond acceptors (Lipinski definition) is 3. The zero-order valence-electron chi connectivity index (χ0n) is 30.3. The Bertz CT molecular complexity index is 2080. The number of nitrogens with zero attached hydrogens (tertiary/aromatic N) is 4. The van der Waals surface area contributed by atoms with Crippen LogP contribution < -0.4 is 0 Å². The molecule has 2 heterocycles. The molecular formula is C43H47N4OPt-. The first-order valence-corrected chi connectivity index (χ1v) is 17.0. The number of para-hydroxylation sites is 2. The molecule has 0 bridgehead atoms. The van der Waals surface area contributed by atoms with Gasteiger partial charge in [-0.25, -0.2) is 0 Å². The second-order valence-corrected chi connectivity index (χ2v) is 14.7. The molecule has 0 aliphatic carbocycles. The Balaban J connectivity index is 0.00000468.